The first-order valence-corrected chi connectivity index (χ1v) is 10.3. The molecule has 0 spiro atoms. The Hall–Kier alpha value is -4.10. The molecular formula is C24H17ClN6O. The minimum Gasteiger partial charge on any atom is -0.319 e. The number of benzene rings is 2. The van der Waals surface area contributed by atoms with E-state index in [2.05, 4.69) is 25.4 Å². The maximum absolute atomic E-state index is 13.0. The summed E-state index contributed by atoms with van der Waals surface area (Å²) in [6.45, 7) is 1.91. The summed E-state index contributed by atoms with van der Waals surface area (Å²) in [4.78, 5) is 26.3. The fraction of sp³-hybridized carbons (Fsp3) is 0.0417. The number of anilines is 1. The number of halogens is 1. The maximum Gasteiger partial charge on any atom is 0.276 e. The molecule has 0 unspecified atom stereocenters. The second kappa shape index (κ2) is 8.20. The second-order valence-corrected chi connectivity index (χ2v) is 7.56. The highest BCUT2D eigenvalue weighted by Crippen LogP contribution is 2.27. The van der Waals surface area contributed by atoms with E-state index < -0.39 is 0 Å². The zero-order valence-corrected chi connectivity index (χ0v) is 17.8. The third-order valence-electron chi connectivity index (χ3n) is 4.92. The first-order valence-electron chi connectivity index (χ1n) is 9.89. The van der Waals surface area contributed by atoms with Crippen LogP contribution in [0.3, 0.4) is 0 Å². The smallest absolute Gasteiger partial charge is 0.276 e. The summed E-state index contributed by atoms with van der Waals surface area (Å²) in [5, 5.41) is 7.84. The number of fused-ring (bicyclic) bond motifs is 1. The average molecular weight is 441 g/mol. The fourth-order valence-electron chi connectivity index (χ4n) is 3.39. The first-order chi connectivity index (χ1) is 15.6. The van der Waals surface area contributed by atoms with Crippen molar-refractivity contribution in [2.24, 2.45) is 0 Å². The van der Waals surface area contributed by atoms with E-state index in [0.29, 0.717) is 22.2 Å². The van der Waals surface area contributed by atoms with Crippen molar-refractivity contribution in [1.82, 2.24) is 24.7 Å². The second-order valence-electron chi connectivity index (χ2n) is 7.16. The highest BCUT2D eigenvalue weighted by atomic mass is 35.5. The van der Waals surface area contributed by atoms with E-state index in [1.807, 2.05) is 43.3 Å². The van der Waals surface area contributed by atoms with Gasteiger partial charge in [0.05, 0.1) is 27.4 Å². The van der Waals surface area contributed by atoms with E-state index in [-0.39, 0.29) is 11.6 Å². The van der Waals surface area contributed by atoms with Crippen molar-refractivity contribution >= 4 is 34.2 Å². The van der Waals surface area contributed by atoms with Gasteiger partial charge in [0.1, 0.15) is 0 Å². The Bertz CT molecular complexity index is 1460. The van der Waals surface area contributed by atoms with Crippen LogP contribution in [0.15, 0.2) is 79.1 Å². The number of nitrogens with one attached hydrogen (secondary N) is 1. The first kappa shape index (κ1) is 19.8. The van der Waals surface area contributed by atoms with Crippen LogP contribution in [0.1, 0.15) is 16.2 Å². The highest BCUT2D eigenvalue weighted by molar-refractivity contribution is 6.33. The summed E-state index contributed by atoms with van der Waals surface area (Å²) in [7, 11) is 0. The van der Waals surface area contributed by atoms with Crippen LogP contribution in [0, 0.1) is 6.92 Å². The van der Waals surface area contributed by atoms with Crippen LogP contribution in [-0.4, -0.2) is 30.6 Å². The van der Waals surface area contributed by atoms with Crippen molar-refractivity contribution < 1.29 is 4.79 Å². The number of pyridine rings is 1. The van der Waals surface area contributed by atoms with Gasteiger partial charge >= 0.3 is 0 Å². The Morgan fingerprint density at radius 3 is 2.56 bits per heavy atom. The van der Waals surface area contributed by atoms with Crippen LogP contribution in [-0.2, 0) is 0 Å². The molecule has 0 aliphatic heterocycles. The zero-order valence-electron chi connectivity index (χ0n) is 17.0. The molecule has 8 heteroatoms. The molecule has 0 fully saturated rings. The average Bonchev–Trinajstić information content (AvgIpc) is 3.26. The van der Waals surface area contributed by atoms with Crippen molar-refractivity contribution in [2.75, 3.05) is 5.32 Å². The molecule has 7 nitrogen and oxygen atoms in total. The Kier molecular flexibility index (Phi) is 5.09. The molecule has 3 heterocycles. The molecule has 0 aliphatic rings. The van der Waals surface area contributed by atoms with Gasteiger partial charge in [-0.3, -0.25) is 14.8 Å². The monoisotopic (exact) mass is 440 g/mol. The molecule has 32 heavy (non-hydrogen) atoms. The molecule has 0 bridgehead atoms. The number of amides is 1. The molecule has 0 radical (unpaired) electrons. The van der Waals surface area contributed by atoms with E-state index in [1.165, 1.54) is 0 Å². The molecular weight excluding hydrogens is 424 g/mol. The van der Waals surface area contributed by atoms with Crippen molar-refractivity contribution in [3.63, 3.8) is 0 Å². The quantitative estimate of drug-likeness (QED) is 0.420. The van der Waals surface area contributed by atoms with Crippen LogP contribution in [0.2, 0.25) is 5.02 Å². The Morgan fingerprint density at radius 1 is 0.938 bits per heavy atom. The zero-order chi connectivity index (χ0) is 22.1. The topological polar surface area (TPSA) is 85.6 Å². The Balaban J connectivity index is 1.62. The maximum atomic E-state index is 13.0. The van der Waals surface area contributed by atoms with Gasteiger partial charge in [-0.15, -0.1) is 0 Å². The predicted molar refractivity (Wildman–Crippen MR) is 124 cm³/mol. The Morgan fingerprint density at radius 2 is 1.75 bits per heavy atom. The normalized spacial score (nSPS) is 10.9. The van der Waals surface area contributed by atoms with Crippen LogP contribution in [0.5, 0.6) is 0 Å². The molecule has 5 rings (SSSR count). The van der Waals surface area contributed by atoms with Crippen LogP contribution in [0.4, 0.5) is 5.69 Å². The van der Waals surface area contributed by atoms with Gasteiger partial charge in [-0.2, -0.15) is 5.10 Å². The van der Waals surface area contributed by atoms with E-state index in [0.717, 1.165) is 22.3 Å². The predicted octanol–water partition coefficient (Wildman–Crippen LogP) is 5.09. The van der Waals surface area contributed by atoms with Gasteiger partial charge in [-0.25, -0.2) is 9.67 Å². The molecule has 0 saturated heterocycles. The van der Waals surface area contributed by atoms with E-state index in [4.69, 9.17) is 11.6 Å². The van der Waals surface area contributed by atoms with Gasteiger partial charge in [-0.05, 0) is 49.4 Å². The summed E-state index contributed by atoms with van der Waals surface area (Å²) in [5.74, 6) is 0.238. The lowest BCUT2D eigenvalue weighted by molar-refractivity contribution is 0.102. The van der Waals surface area contributed by atoms with Crippen molar-refractivity contribution in [3.05, 3.63) is 95.5 Å². The molecule has 1 N–H and O–H groups in total. The minimum absolute atomic E-state index is 0.238. The third kappa shape index (κ3) is 3.81. The van der Waals surface area contributed by atoms with Crippen molar-refractivity contribution in [1.29, 1.82) is 0 Å². The number of rotatable bonds is 4. The molecule has 1 amide bonds. The summed E-state index contributed by atoms with van der Waals surface area (Å²) < 4.78 is 1.66. The number of nitrogens with zero attached hydrogens (tertiary/aromatic N) is 5. The number of aryl methyl sites for hydroxylation is 1. The lowest BCUT2D eigenvalue weighted by Crippen LogP contribution is -2.13. The van der Waals surface area contributed by atoms with Crippen LogP contribution >= 0.6 is 11.6 Å². The van der Waals surface area contributed by atoms with Gasteiger partial charge in [0.25, 0.3) is 5.91 Å². The number of carbonyl (C=O) groups is 1. The SMILES string of the molecule is Cc1cccc(-n2nc(C(=O)Nc3ccccc3Cl)cc2-c2ccc3nccnc3c2)n1. The molecule has 5 aromatic rings. The van der Waals surface area contributed by atoms with Crippen LogP contribution in [0.25, 0.3) is 28.1 Å². The van der Waals surface area contributed by atoms with E-state index in [9.17, 15) is 4.79 Å². The van der Waals surface area contributed by atoms with Gasteiger partial charge in [-0.1, -0.05) is 35.9 Å². The number of hydrogen-bond donors (Lipinski definition) is 1. The number of hydrogen-bond acceptors (Lipinski definition) is 5. The molecule has 0 saturated carbocycles. The summed E-state index contributed by atoms with van der Waals surface area (Å²) in [5.41, 5.74) is 4.68. The van der Waals surface area contributed by atoms with Gasteiger partial charge in [0.15, 0.2) is 11.5 Å². The largest absolute Gasteiger partial charge is 0.319 e. The van der Waals surface area contributed by atoms with E-state index >= 15 is 0 Å². The summed E-state index contributed by atoms with van der Waals surface area (Å²) in [6, 6.07) is 20.2. The standard InChI is InChI=1S/C24H17ClN6O/c1-15-5-4-8-23(28-15)31-22(16-9-10-19-20(13-16)27-12-11-26-19)14-21(30-31)24(32)29-18-7-3-2-6-17(18)25/h2-14H,1H3,(H,29,32). The van der Waals surface area contributed by atoms with Crippen molar-refractivity contribution in [2.45, 2.75) is 6.92 Å². The number of para-hydroxylation sites is 1. The fourth-order valence-corrected chi connectivity index (χ4v) is 3.57. The van der Waals surface area contributed by atoms with Gasteiger partial charge in [0.2, 0.25) is 0 Å². The summed E-state index contributed by atoms with van der Waals surface area (Å²) >= 11 is 6.19. The Labute approximate surface area is 188 Å². The lowest BCUT2D eigenvalue weighted by atomic mass is 10.1. The van der Waals surface area contributed by atoms with E-state index in [1.54, 1.807) is 47.4 Å². The third-order valence-corrected chi connectivity index (χ3v) is 5.25. The summed E-state index contributed by atoms with van der Waals surface area (Å²) in [6.07, 6.45) is 3.30. The molecule has 3 aromatic heterocycles. The minimum atomic E-state index is -0.369. The molecule has 156 valence electrons. The molecule has 0 aliphatic carbocycles. The molecule has 0 atom stereocenters. The lowest BCUT2D eigenvalue weighted by Gasteiger charge is -2.08. The van der Waals surface area contributed by atoms with Crippen LogP contribution < -0.4 is 5.32 Å². The number of aromatic nitrogens is 5. The van der Waals surface area contributed by atoms with Gasteiger partial charge < -0.3 is 5.32 Å². The molecule has 2 aromatic carbocycles. The number of carbonyl (C=O) groups excluding carboxylic acids is 1. The highest BCUT2D eigenvalue weighted by Gasteiger charge is 2.19. The van der Waals surface area contributed by atoms with Gasteiger partial charge in [0, 0.05) is 23.7 Å². The van der Waals surface area contributed by atoms with Crippen molar-refractivity contribution in [3.8, 4) is 17.1 Å².